The van der Waals surface area contributed by atoms with Gasteiger partial charge < -0.3 is 10.2 Å². The van der Waals surface area contributed by atoms with Crippen LogP contribution in [0.4, 0.5) is 0 Å². The van der Waals surface area contributed by atoms with E-state index in [2.05, 4.69) is 142 Å². The van der Waals surface area contributed by atoms with Gasteiger partial charge in [-0.05, 0) is 152 Å². The van der Waals surface area contributed by atoms with Crippen LogP contribution in [0, 0.1) is 0 Å². The predicted molar refractivity (Wildman–Crippen MR) is 228 cm³/mol. The minimum Gasteiger partial charge on any atom is -0.390 e. The minimum atomic E-state index is -1.10. The summed E-state index contributed by atoms with van der Waals surface area (Å²) in [6.45, 7) is 22.1. The molecular weight excluding hydrogens is 658 g/mol. The summed E-state index contributed by atoms with van der Waals surface area (Å²) in [5.74, 6) is 0. The molecule has 51 heavy (non-hydrogen) atoms. The lowest BCUT2D eigenvalue weighted by atomic mass is 10.1. The minimum absolute atomic E-state index is 0.507. The first kappa shape index (κ1) is 41.2. The van der Waals surface area contributed by atoms with Crippen LogP contribution in [-0.2, 0) is 51.4 Å². The van der Waals surface area contributed by atoms with Crippen LogP contribution < -0.4 is 21.2 Å². The molecule has 274 valence electrons. The molecule has 0 saturated carbocycles. The van der Waals surface area contributed by atoms with E-state index in [0.29, 0.717) is 6.16 Å². The van der Waals surface area contributed by atoms with E-state index in [9.17, 15) is 10.2 Å². The molecular formula is C47H64O2P2. The molecule has 4 heteroatoms. The van der Waals surface area contributed by atoms with E-state index in [0.717, 1.165) is 62.3 Å². The molecule has 2 nitrogen and oxygen atoms in total. The summed E-state index contributed by atoms with van der Waals surface area (Å²) in [6.07, 6.45) is 6.36. The summed E-state index contributed by atoms with van der Waals surface area (Å²) in [5, 5.41) is 31.2. The molecule has 4 aromatic carbocycles. The van der Waals surface area contributed by atoms with E-state index in [1.165, 1.54) is 65.7 Å². The van der Waals surface area contributed by atoms with Crippen molar-refractivity contribution in [3.8, 4) is 0 Å². The van der Waals surface area contributed by atoms with Gasteiger partial charge in [0.15, 0.2) is 0 Å². The van der Waals surface area contributed by atoms with Crippen molar-refractivity contribution < 1.29 is 10.2 Å². The van der Waals surface area contributed by atoms with Gasteiger partial charge in [0, 0.05) is 6.16 Å². The van der Waals surface area contributed by atoms with Gasteiger partial charge in [0.25, 0.3) is 0 Å². The van der Waals surface area contributed by atoms with Crippen LogP contribution in [0.2, 0.25) is 0 Å². The van der Waals surface area contributed by atoms with Gasteiger partial charge in [-0.25, -0.2) is 0 Å². The number of allylic oxidation sites excluding steroid dienone is 1. The summed E-state index contributed by atoms with van der Waals surface area (Å²) in [5.41, 5.74) is 11.8. The van der Waals surface area contributed by atoms with Gasteiger partial charge in [-0.2, -0.15) is 0 Å². The van der Waals surface area contributed by atoms with Crippen molar-refractivity contribution in [1.29, 1.82) is 0 Å². The molecule has 4 rings (SSSR count). The second-order valence-electron chi connectivity index (χ2n) is 14.2. The number of aryl methyl sites for hydroxylation is 8. The number of aliphatic hydroxyl groups is 2. The summed E-state index contributed by atoms with van der Waals surface area (Å²) in [7, 11) is -2.04. The quantitative estimate of drug-likeness (QED) is 0.107. The number of rotatable bonds is 17. The first-order valence-corrected chi connectivity index (χ1v) is 22.5. The fourth-order valence-corrected chi connectivity index (χ4v) is 12.6. The van der Waals surface area contributed by atoms with Crippen LogP contribution in [0.3, 0.4) is 0 Å². The third-order valence-corrected chi connectivity index (χ3v) is 15.6. The van der Waals surface area contributed by atoms with E-state index in [1.807, 2.05) is 0 Å². The highest BCUT2D eigenvalue weighted by molar-refractivity contribution is 7.77. The van der Waals surface area contributed by atoms with Crippen molar-refractivity contribution in [3.63, 3.8) is 0 Å². The van der Waals surface area contributed by atoms with Crippen LogP contribution in [0.5, 0.6) is 0 Å². The van der Waals surface area contributed by atoms with Crippen molar-refractivity contribution in [2.24, 2.45) is 0 Å². The lowest BCUT2D eigenvalue weighted by molar-refractivity contribution is 0.0615. The SMILES string of the molecule is CCc1cc(CC)cc(P(CC(O)C(O)C(=C(C)C)P(c2cc(CC)cc(CC)c2)c2cc(CC)cc(CC)c2)c2cc(CC)cc(CC)c2)c1. The van der Waals surface area contributed by atoms with Crippen molar-refractivity contribution in [2.45, 2.75) is 133 Å². The highest BCUT2D eigenvalue weighted by Crippen LogP contribution is 2.49. The zero-order valence-corrected chi connectivity index (χ0v) is 35.0. The zero-order valence-electron chi connectivity index (χ0n) is 33.2. The van der Waals surface area contributed by atoms with Crippen molar-refractivity contribution >= 4 is 37.1 Å². The fourth-order valence-electron chi connectivity index (χ4n) is 7.08. The van der Waals surface area contributed by atoms with E-state index >= 15 is 0 Å². The molecule has 0 fully saturated rings. The maximum absolute atomic E-state index is 12.6. The first-order chi connectivity index (χ1) is 24.5. The van der Waals surface area contributed by atoms with Crippen molar-refractivity contribution in [1.82, 2.24) is 0 Å². The second-order valence-corrected chi connectivity index (χ2v) is 18.6. The summed E-state index contributed by atoms with van der Waals surface area (Å²) < 4.78 is 0. The second kappa shape index (κ2) is 19.5. The Kier molecular flexibility index (Phi) is 15.7. The number of hydrogen-bond donors (Lipinski definition) is 2. The maximum atomic E-state index is 12.6. The lowest BCUT2D eigenvalue weighted by Gasteiger charge is -2.33. The standard InChI is InChI=1S/C47H64O2P2/c1-11-33-19-34(12-2)24-41(23-33)50(42-25-35(13-3)20-36(14-4)26-42)31-45(48)46(49)47(32(9)10)51(43-27-37(15-5)21-38(16-6)28-43)44-29-39(17-7)22-40(18-8)30-44/h19-30,45-46,48-49H,11-18,31H2,1-10H3. The van der Waals surface area contributed by atoms with Crippen molar-refractivity contribution in [2.75, 3.05) is 6.16 Å². The molecule has 0 bridgehead atoms. The van der Waals surface area contributed by atoms with Crippen LogP contribution in [-0.4, -0.2) is 28.6 Å². The van der Waals surface area contributed by atoms with E-state index in [4.69, 9.17) is 0 Å². The number of benzene rings is 4. The molecule has 4 aromatic rings. The predicted octanol–water partition coefficient (Wildman–Crippen LogP) is 9.77. The van der Waals surface area contributed by atoms with E-state index in [-0.39, 0.29) is 0 Å². The molecule has 0 aliphatic rings. The maximum Gasteiger partial charge on any atom is 0.106 e. The number of hydrogen-bond acceptors (Lipinski definition) is 2. The van der Waals surface area contributed by atoms with Crippen LogP contribution in [0.1, 0.15) is 114 Å². The van der Waals surface area contributed by atoms with Gasteiger partial charge in [0.1, 0.15) is 6.10 Å². The molecule has 0 aliphatic carbocycles. The van der Waals surface area contributed by atoms with Crippen LogP contribution >= 0.6 is 15.8 Å². The Balaban J connectivity index is 1.91. The fraction of sp³-hybridized carbons (Fsp3) is 0.447. The highest BCUT2D eigenvalue weighted by atomic mass is 31.1. The third kappa shape index (κ3) is 10.3. The van der Waals surface area contributed by atoms with Gasteiger partial charge in [0.05, 0.1) is 6.10 Å². The molecule has 2 atom stereocenters. The van der Waals surface area contributed by atoms with Gasteiger partial charge in [-0.3, -0.25) is 0 Å². The summed E-state index contributed by atoms with van der Waals surface area (Å²) in [4.78, 5) is 0. The van der Waals surface area contributed by atoms with E-state index < -0.39 is 28.1 Å². The highest BCUT2D eigenvalue weighted by Gasteiger charge is 2.33. The Hall–Kier alpha value is -2.60. The molecule has 0 heterocycles. The molecule has 0 aromatic heterocycles. The average molecular weight is 723 g/mol. The zero-order chi connectivity index (χ0) is 37.2. The Labute approximate surface area is 313 Å². The summed E-state index contributed by atoms with van der Waals surface area (Å²) in [6, 6.07) is 28.3. The van der Waals surface area contributed by atoms with Gasteiger partial charge in [0.2, 0.25) is 0 Å². The Bertz CT molecular complexity index is 1580. The number of aliphatic hydroxyl groups excluding tert-OH is 2. The van der Waals surface area contributed by atoms with E-state index in [1.54, 1.807) is 0 Å². The molecule has 2 unspecified atom stereocenters. The third-order valence-electron chi connectivity index (χ3n) is 10.3. The van der Waals surface area contributed by atoms with Crippen LogP contribution in [0.25, 0.3) is 0 Å². The molecule has 0 saturated heterocycles. The molecule has 0 aliphatic heterocycles. The molecule has 0 amide bonds. The van der Waals surface area contributed by atoms with Gasteiger partial charge >= 0.3 is 0 Å². The lowest BCUT2D eigenvalue weighted by Crippen LogP contribution is -2.35. The Morgan fingerprint density at radius 2 is 0.686 bits per heavy atom. The topological polar surface area (TPSA) is 40.5 Å². The Morgan fingerprint density at radius 1 is 0.431 bits per heavy atom. The normalized spacial score (nSPS) is 12.8. The Morgan fingerprint density at radius 3 is 0.922 bits per heavy atom. The molecule has 2 N–H and O–H groups in total. The van der Waals surface area contributed by atoms with Gasteiger partial charge in [-0.1, -0.05) is 134 Å². The monoisotopic (exact) mass is 722 g/mol. The average Bonchev–Trinajstić information content (AvgIpc) is 3.17. The smallest absolute Gasteiger partial charge is 0.106 e. The van der Waals surface area contributed by atoms with Gasteiger partial charge in [-0.15, -0.1) is 0 Å². The first-order valence-electron chi connectivity index (χ1n) is 19.6. The largest absolute Gasteiger partial charge is 0.390 e. The summed E-state index contributed by atoms with van der Waals surface area (Å²) >= 11 is 0. The molecule has 0 radical (unpaired) electrons. The van der Waals surface area contributed by atoms with Crippen molar-refractivity contribution in [3.05, 3.63) is 128 Å². The molecule has 0 spiro atoms. The van der Waals surface area contributed by atoms with Crippen LogP contribution in [0.15, 0.2) is 83.7 Å².